The SMILES string of the molecule is C=C/C=C(\C=C)c1nc2cc(C(=C)N3CCN(C(=C)CCCC)CC3)ccc2c(Cl)c1C. The van der Waals surface area contributed by atoms with Crippen molar-refractivity contribution in [3.63, 3.8) is 0 Å². The minimum absolute atomic E-state index is 0.721. The molecule has 1 aromatic heterocycles. The summed E-state index contributed by atoms with van der Waals surface area (Å²) in [5.74, 6) is 0. The van der Waals surface area contributed by atoms with Crippen LogP contribution in [0.5, 0.6) is 0 Å². The Hall–Kier alpha value is -2.78. The van der Waals surface area contributed by atoms with Crippen LogP contribution in [0.1, 0.15) is 43.0 Å². The van der Waals surface area contributed by atoms with Gasteiger partial charge < -0.3 is 9.80 Å². The van der Waals surface area contributed by atoms with Gasteiger partial charge >= 0.3 is 0 Å². The first-order valence-electron chi connectivity index (χ1n) is 11.3. The monoisotopic (exact) mass is 447 g/mol. The van der Waals surface area contributed by atoms with Crippen LogP contribution < -0.4 is 0 Å². The van der Waals surface area contributed by atoms with Crippen molar-refractivity contribution < 1.29 is 0 Å². The number of piperazine rings is 1. The van der Waals surface area contributed by atoms with Gasteiger partial charge in [-0.15, -0.1) is 0 Å². The minimum Gasteiger partial charge on any atom is -0.372 e. The van der Waals surface area contributed by atoms with Gasteiger partial charge in [0.15, 0.2) is 0 Å². The normalized spacial score (nSPS) is 14.5. The van der Waals surface area contributed by atoms with Gasteiger partial charge in [-0.25, -0.2) is 4.98 Å². The maximum absolute atomic E-state index is 6.72. The Kier molecular flexibility index (Phi) is 7.98. The number of aromatic nitrogens is 1. The van der Waals surface area contributed by atoms with Crippen LogP contribution in [-0.4, -0.2) is 41.0 Å². The van der Waals surface area contributed by atoms with E-state index < -0.39 is 0 Å². The first-order chi connectivity index (χ1) is 15.4. The van der Waals surface area contributed by atoms with Gasteiger partial charge in [0.1, 0.15) is 0 Å². The predicted molar refractivity (Wildman–Crippen MR) is 141 cm³/mol. The van der Waals surface area contributed by atoms with Gasteiger partial charge in [-0.05, 0) is 42.5 Å². The fourth-order valence-electron chi connectivity index (χ4n) is 4.17. The molecule has 1 aromatic carbocycles. The molecule has 1 saturated heterocycles. The molecule has 4 heteroatoms. The third kappa shape index (κ3) is 4.99. The van der Waals surface area contributed by atoms with Gasteiger partial charge in [-0.3, -0.25) is 0 Å². The van der Waals surface area contributed by atoms with Gasteiger partial charge in [-0.2, -0.15) is 0 Å². The van der Waals surface area contributed by atoms with Crippen LogP contribution in [0.3, 0.4) is 0 Å². The highest BCUT2D eigenvalue weighted by molar-refractivity contribution is 6.36. The highest BCUT2D eigenvalue weighted by Gasteiger charge is 2.20. The van der Waals surface area contributed by atoms with Gasteiger partial charge in [0.05, 0.1) is 16.2 Å². The van der Waals surface area contributed by atoms with E-state index in [2.05, 4.69) is 61.2 Å². The van der Waals surface area contributed by atoms with E-state index in [4.69, 9.17) is 16.6 Å². The summed E-state index contributed by atoms with van der Waals surface area (Å²) in [6.07, 6.45) is 8.93. The number of hydrogen-bond donors (Lipinski definition) is 0. The Balaban J connectivity index is 1.84. The van der Waals surface area contributed by atoms with E-state index in [1.807, 2.05) is 13.0 Å². The van der Waals surface area contributed by atoms with Crippen LogP contribution in [0.2, 0.25) is 5.02 Å². The molecule has 0 atom stereocenters. The smallest absolute Gasteiger partial charge is 0.0753 e. The van der Waals surface area contributed by atoms with Gasteiger partial charge in [-0.1, -0.05) is 81.6 Å². The second-order valence-electron chi connectivity index (χ2n) is 8.28. The molecule has 0 aliphatic carbocycles. The zero-order valence-corrected chi connectivity index (χ0v) is 20.2. The van der Waals surface area contributed by atoms with Crippen molar-refractivity contribution in [2.75, 3.05) is 26.2 Å². The molecule has 0 saturated carbocycles. The summed E-state index contributed by atoms with van der Waals surface area (Å²) >= 11 is 6.72. The van der Waals surface area contributed by atoms with Crippen molar-refractivity contribution in [2.24, 2.45) is 0 Å². The molecular formula is C28H34ClN3. The lowest BCUT2D eigenvalue weighted by Gasteiger charge is -2.39. The number of allylic oxidation sites excluding steroid dienone is 5. The van der Waals surface area contributed by atoms with Crippen LogP contribution in [-0.2, 0) is 0 Å². The summed E-state index contributed by atoms with van der Waals surface area (Å²) in [5, 5.41) is 1.67. The molecule has 168 valence electrons. The van der Waals surface area contributed by atoms with Crippen LogP contribution in [0.4, 0.5) is 0 Å². The summed E-state index contributed by atoms with van der Waals surface area (Å²) in [5.41, 5.74) is 6.90. The fraction of sp³-hybridized carbons (Fsp3) is 0.321. The summed E-state index contributed by atoms with van der Waals surface area (Å²) < 4.78 is 0. The maximum Gasteiger partial charge on any atom is 0.0753 e. The lowest BCUT2D eigenvalue weighted by molar-refractivity contribution is 0.209. The molecule has 0 N–H and O–H groups in total. The third-order valence-corrected chi connectivity index (χ3v) is 6.69. The number of benzene rings is 1. The molecule has 0 bridgehead atoms. The number of fused-ring (bicyclic) bond motifs is 1. The van der Waals surface area contributed by atoms with Gasteiger partial charge in [0.2, 0.25) is 0 Å². The fourth-order valence-corrected chi connectivity index (χ4v) is 4.41. The lowest BCUT2D eigenvalue weighted by atomic mass is 10.0. The third-order valence-electron chi connectivity index (χ3n) is 6.20. The van der Waals surface area contributed by atoms with E-state index in [0.717, 1.165) is 76.6 Å². The molecule has 0 amide bonds. The summed E-state index contributed by atoms with van der Waals surface area (Å²) in [7, 11) is 0. The second kappa shape index (κ2) is 10.7. The number of pyridine rings is 1. The molecular weight excluding hydrogens is 414 g/mol. The molecule has 32 heavy (non-hydrogen) atoms. The van der Waals surface area contributed by atoms with Crippen molar-refractivity contribution in [2.45, 2.75) is 33.1 Å². The molecule has 1 aliphatic rings. The molecule has 3 nitrogen and oxygen atoms in total. The van der Waals surface area contributed by atoms with E-state index >= 15 is 0 Å². The molecule has 1 aliphatic heterocycles. The molecule has 0 spiro atoms. The highest BCUT2D eigenvalue weighted by atomic mass is 35.5. The van der Waals surface area contributed by atoms with E-state index in [1.165, 1.54) is 18.5 Å². The zero-order valence-electron chi connectivity index (χ0n) is 19.5. The van der Waals surface area contributed by atoms with Crippen molar-refractivity contribution in [3.8, 4) is 0 Å². The summed E-state index contributed by atoms with van der Waals surface area (Å²) in [4.78, 5) is 9.70. The topological polar surface area (TPSA) is 19.4 Å². The van der Waals surface area contributed by atoms with Gasteiger partial charge in [0, 0.05) is 43.0 Å². The summed E-state index contributed by atoms with van der Waals surface area (Å²) in [6, 6.07) is 6.24. The average Bonchev–Trinajstić information content (AvgIpc) is 2.82. The first-order valence-corrected chi connectivity index (χ1v) is 11.7. The van der Waals surface area contributed by atoms with Crippen molar-refractivity contribution >= 4 is 33.8 Å². The Morgan fingerprint density at radius 3 is 2.44 bits per heavy atom. The summed E-state index contributed by atoms with van der Waals surface area (Å²) in [6.45, 7) is 24.5. The quantitative estimate of drug-likeness (QED) is 0.377. The largest absolute Gasteiger partial charge is 0.372 e. The van der Waals surface area contributed by atoms with E-state index in [9.17, 15) is 0 Å². The number of hydrogen-bond acceptors (Lipinski definition) is 3. The second-order valence-corrected chi connectivity index (χ2v) is 8.66. The molecule has 0 unspecified atom stereocenters. The van der Waals surface area contributed by atoms with Gasteiger partial charge in [0.25, 0.3) is 0 Å². The Bertz CT molecular complexity index is 1070. The number of rotatable bonds is 9. The Morgan fingerprint density at radius 2 is 1.81 bits per heavy atom. The standard InChI is InChI=1S/C28H34ClN3/c1-7-10-12-20(4)31-15-17-32(18-16-31)22(6)24-13-14-25-26(19-24)30-28(21(5)27(25)29)23(9-3)11-8-2/h8-9,11,13-14,19H,2-4,6-7,10,12,15-18H2,1,5H3/b23-11+. The first kappa shape index (κ1) is 23.9. The number of nitrogens with zero attached hydrogens (tertiary/aromatic N) is 3. The average molecular weight is 448 g/mol. The minimum atomic E-state index is 0.721. The van der Waals surface area contributed by atoms with Crippen molar-refractivity contribution in [3.05, 3.63) is 90.3 Å². The highest BCUT2D eigenvalue weighted by Crippen LogP contribution is 2.33. The Labute approximate surface area is 198 Å². The zero-order chi connectivity index (χ0) is 23.3. The lowest BCUT2D eigenvalue weighted by Crippen LogP contribution is -2.44. The van der Waals surface area contributed by atoms with E-state index in [-0.39, 0.29) is 0 Å². The number of halogens is 1. The molecule has 2 heterocycles. The van der Waals surface area contributed by atoms with E-state index in [0.29, 0.717) is 0 Å². The maximum atomic E-state index is 6.72. The predicted octanol–water partition coefficient (Wildman–Crippen LogP) is 7.24. The molecule has 1 fully saturated rings. The molecule has 0 radical (unpaired) electrons. The van der Waals surface area contributed by atoms with Crippen molar-refractivity contribution in [1.82, 2.24) is 14.8 Å². The van der Waals surface area contributed by atoms with Crippen molar-refractivity contribution in [1.29, 1.82) is 0 Å². The van der Waals surface area contributed by atoms with Crippen LogP contribution in [0.25, 0.3) is 22.2 Å². The molecule has 3 rings (SSSR count). The van der Waals surface area contributed by atoms with Crippen LogP contribution in [0.15, 0.2) is 68.4 Å². The van der Waals surface area contributed by atoms with E-state index in [1.54, 1.807) is 12.2 Å². The van der Waals surface area contributed by atoms with Crippen LogP contribution in [0, 0.1) is 6.92 Å². The van der Waals surface area contributed by atoms with Crippen LogP contribution >= 0.6 is 11.6 Å². The number of unbranched alkanes of at least 4 members (excludes halogenated alkanes) is 1. The Morgan fingerprint density at radius 1 is 1.12 bits per heavy atom. The molecule has 2 aromatic rings.